The van der Waals surface area contributed by atoms with Gasteiger partial charge in [-0.1, -0.05) is 11.6 Å². The van der Waals surface area contributed by atoms with Gasteiger partial charge in [0, 0.05) is 23.0 Å². The molecule has 0 bridgehead atoms. The number of pyridine rings is 1. The fourth-order valence-corrected chi connectivity index (χ4v) is 2.58. The van der Waals surface area contributed by atoms with Crippen LogP contribution in [0.3, 0.4) is 0 Å². The summed E-state index contributed by atoms with van der Waals surface area (Å²) in [7, 11) is 0. The Balaban J connectivity index is 1.66. The molecule has 2 N–H and O–H groups in total. The molecule has 0 aliphatic carbocycles. The van der Waals surface area contributed by atoms with Crippen LogP contribution in [0, 0.1) is 6.92 Å². The minimum atomic E-state index is -3.70. The number of halogens is 3. The first-order valence-corrected chi connectivity index (χ1v) is 7.67. The van der Waals surface area contributed by atoms with Crippen molar-refractivity contribution in [3.8, 4) is 11.5 Å². The third kappa shape index (κ3) is 4.12. The van der Waals surface area contributed by atoms with Crippen LogP contribution in [0.1, 0.15) is 16.1 Å². The Morgan fingerprint density at radius 2 is 1.96 bits per heavy atom. The molecule has 10 heteroatoms. The number of hydrogen-bond acceptors (Lipinski definition) is 5. The average Bonchev–Trinajstić information content (AvgIpc) is 2.79. The number of benzene rings is 1. The molecule has 3 rings (SSSR count). The van der Waals surface area contributed by atoms with Crippen molar-refractivity contribution in [2.24, 2.45) is 0 Å². The molecule has 1 aromatic carbocycles. The standard InChI is InChI=1S/C15H10ClF2N3O3S/c1-7-4-8(5-12(16)19-7)13(22)21-14(25)20-9-2-3-10-11(6-9)24-15(17,18)23-10/h2-6H,1H3,(H2,20,21,22,25). The van der Waals surface area contributed by atoms with Gasteiger partial charge < -0.3 is 14.8 Å². The lowest BCUT2D eigenvalue weighted by molar-refractivity contribution is -0.286. The summed E-state index contributed by atoms with van der Waals surface area (Å²) in [4.78, 5) is 16.1. The smallest absolute Gasteiger partial charge is 0.395 e. The van der Waals surface area contributed by atoms with Gasteiger partial charge in [0.15, 0.2) is 16.6 Å². The fourth-order valence-electron chi connectivity index (χ4n) is 2.12. The van der Waals surface area contributed by atoms with Crippen LogP contribution in [0.5, 0.6) is 11.5 Å². The van der Waals surface area contributed by atoms with Crippen LogP contribution >= 0.6 is 23.8 Å². The van der Waals surface area contributed by atoms with E-state index in [0.29, 0.717) is 11.4 Å². The lowest BCUT2D eigenvalue weighted by Gasteiger charge is -2.10. The van der Waals surface area contributed by atoms with E-state index in [1.165, 1.54) is 24.3 Å². The second kappa shape index (κ2) is 6.41. The minimum absolute atomic E-state index is 0.0267. The molecule has 0 atom stereocenters. The SMILES string of the molecule is Cc1cc(C(=O)NC(=S)Nc2ccc3c(c2)OC(F)(F)O3)cc(Cl)n1. The molecule has 2 aromatic rings. The van der Waals surface area contributed by atoms with E-state index in [1.54, 1.807) is 13.0 Å². The third-order valence-electron chi connectivity index (χ3n) is 3.07. The summed E-state index contributed by atoms with van der Waals surface area (Å²) in [5, 5.41) is 5.31. The molecule has 2 heterocycles. The minimum Gasteiger partial charge on any atom is -0.395 e. The largest absolute Gasteiger partial charge is 0.586 e. The van der Waals surface area contributed by atoms with Gasteiger partial charge in [-0.2, -0.15) is 0 Å². The van der Waals surface area contributed by atoms with Gasteiger partial charge in [-0.3, -0.25) is 10.1 Å². The van der Waals surface area contributed by atoms with Crippen LogP contribution in [0.25, 0.3) is 0 Å². The van der Waals surface area contributed by atoms with Crippen LogP contribution in [-0.4, -0.2) is 22.3 Å². The van der Waals surface area contributed by atoms with Crippen molar-refractivity contribution in [1.29, 1.82) is 0 Å². The molecule has 130 valence electrons. The third-order valence-corrected chi connectivity index (χ3v) is 3.47. The van der Waals surface area contributed by atoms with Gasteiger partial charge in [0.05, 0.1) is 0 Å². The molecular formula is C15H10ClF2N3O3S. The molecule has 0 radical (unpaired) electrons. The molecule has 1 aliphatic rings. The van der Waals surface area contributed by atoms with Gasteiger partial charge in [-0.15, -0.1) is 8.78 Å². The summed E-state index contributed by atoms with van der Waals surface area (Å²) < 4.78 is 34.6. The number of aromatic nitrogens is 1. The summed E-state index contributed by atoms with van der Waals surface area (Å²) in [5.41, 5.74) is 1.20. The highest BCUT2D eigenvalue weighted by Crippen LogP contribution is 2.42. The molecule has 1 aliphatic heterocycles. The zero-order valence-corrected chi connectivity index (χ0v) is 14.2. The fraction of sp³-hybridized carbons (Fsp3) is 0.133. The van der Waals surface area contributed by atoms with Gasteiger partial charge in [0.2, 0.25) is 0 Å². The number of thiocarbonyl (C=S) groups is 1. The van der Waals surface area contributed by atoms with E-state index in [-0.39, 0.29) is 27.3 Å². The van der Waals surface area contributed by atoms with Gasteiger partial charge >= 0.3 is 6.29 Å². The van der Waals surface area contributed by atoms with E-state index >= 15 is 0 Å². The van der Waals surface area contributed by atoms with E-state index in [0.717, 1.165) is 0 Å². The number of carbonyl (C=O) groups is 1. The molecule has 6 nitrogen and oxygen atoms in total. The van der Waals surface area contributed by atoms with Crippen molar-refractivity contribution in [2.45, 2.75) is 13.2 Å². The Kier molecular flexibility index (Phi) is 4.44. The Labute approximate surface area is 151 Å². The Morgan fingerprint density at radius 1 is 1.24 bits per heavy atom. The maximum absolute atomic E-state index is 13.0. The second-order valence-electron chi connectivity index (χ2n) is 5.06. The predicted molar refractivity (Wildman–Crippen MR) is 90.3 cm³/mol. The monoisotopic (exact) mass is 385 g/mol. The van der Waals surface area contributed by atoms with Gasteiger partial charge in [-0.05, 0) is 43.4 Å². The van der Waals surface area contributed by atoms with Gasteiger partial charge in [0.1, 0.15) is 5.15 Å². The van der Waals surface area contributed by atoms with Crippen LogP contribution in [0.15, 0.2) is 30.3 Å². The Morgan fingerprint density at radius 3 is 2.68 bits per heavy atom. The molecule has 1 aromatic heterocycles. The first kappa shape index (κ1) is 17.3. The number of amides is 1. The van der Waals surface area contributed by atoms with Gasteiger partial charge in [0.25, 0.3) is 5.91 Å². The number of anilines is 1. The molecule has 0 unspecified atom stereocenters. The summed E-state index contributed by atoms with van der Waals surface area (Å²) in [6, 6.07) is 6.98. The van der Waals surface area contributed by atoms with E-state index in [1.807, 2.05) is 0 Å². The summed E-state index contributed by atoms with van der Waals surface area (Å²) >= 11 is 10.9. The predicted octanol–water partition coefficient (Wildman–Crippen LogP) is 3.49. The number of aryl methyl sites for hydroxylation is 1. The van der Waals surface area contributed by atoms with Gasteiger partial charge in [-0.25, -0.2) is 4.98 Å². The Hall–Kier alpha value is -2.52. The molecule has 0 saturated heterocycles. The first-order chi connectivity index (χ1) is 11.7. The number of nitrogens with one attached hydrogen (secondary N) is 2. The number of carbonyl (C=O) groups excluding carboxylic acids is 1. The van der Waals surface area contributed by atoms with Crippen molar-refractivity contribution in [3.05, 3.63) is 46.7 Å². The van der Waals surface area contributed by atoms with Crippen molar-refractivity contribution in [2.75, 3.05) is 5.32 Å². The van der Waals surface area contributed by atoms with Crippen LogP contribution in [-0.2, 0) is 0 Å². The highest BCUT2D eigenvalue weighted by atomic mass is 35.5. The molecular weight excluding hydrogens is 376 g/mol. The topological polar surface area (TPSA) is 72.5 Å². The number of hydrogen-bond donors (Lipinski definition) is 2. The van der Waals surface area contributed by atoms with Crippen molar-refractivity contribution in [1.82, 2.24) is 10.3 Å². The molecule has 0 spiro atoms. The summed E-state index contributed by atoms with van der Waals surface area (Å²) in [6.45, 7) is 1.70. The molecule has 1 amide bonds. The summed E-state index contributed by atoms with van der Waals surface area (Å²) in [6.07, 6.45) is -3.70. The number of alkyl halides is 2. The zero-order chi connectivity index (χ0) is 18.2. The normalized spacial score (nSPS) is 14.1. The average molecular weight is 386 g/mol. The van der Waals surface area contributed by atoms with Crippen LogP contribution in [0.2, 0.25) is 5.15 Å². The Bertz CT molecular complexity index is 859. The van der Waals surface area contributed by atoms with E-state index in [9.17, 15) is 13.6 Å². The zero-order valence-electron chi connectivity index (χ0n) is 12.6. The highest BCUT2D eigenvalue weighted by Gasteiger charge is 2.43. The van der Waals surface area contributed by atoms with E-state index < -0.39 is 12.2 Å². The maximum Gasteiger partial charge on any atom is 0.586 e. The highest BCUT2D eigenvalue weighted by molar-refractivity contribution is 7.80. The lowest BCUT2D eigenvalue weighted by atomic mass is 10.2. The van der Waals surface area contributed by atoms with Crippen molar-refractivity contribution >= 4 is 40.5 Å². The molecule has 25 heavy (non-hydrogen) atoms. The van der Waals surface area contributed by atoms with E-state index in [2.05, 4.69) is 25.1 Å². The van der Waals surface area contributed by atoms with Crippen molar-refractivity contribution in [3.63, 3.8) is 0 Å². The first-order valence-electron chi connectivity index (χ1n) is 6.88. The number of fused-ring (bicyclic) bond motifs is 1. The van der Waals surface area contributed by atoms with Crippen molar-refractivity contribution < 1.29 is 23.0 Å². The van der Waals surface area contributed by atoms with E-state index in [4.69, 9.17) is 23.8 Å². The van der Waals surface area contributed by atoms with Crippen LogP contribution in [0.4, 0.5) is 14.5 Å². The number of ether oxygens (including phenoxy) is 2. The second-order valence-corrected chi connectivity index (χ2v) is 5.85. The molecule has 0 saturated carbocycles. The maximum atomic E-state index is 13.0. The quantitative estimate of drug-likeness (QED) is 0.609. The number of nitrogens with zero attached hydrogens (tertiary/aromatic N) is 1. The lowest BCUT2D eigenvalue weighted by Crippen LogP contribution is -2.34. The number of rotatable bonds is 2. The molecule has 0 fully saturated rings. The summed E-state index contributed by atoms with van der Waals surface area (Å²) in [5.74, 6) is -0.717. The van der Waals surface area contributed by atoms with Crippen LogP contribution < -0.4 is 20.1 Å².